The van der Waals surface area contributed by atoms with Gasteiger partial charge in [-0.1, -0.05) is 0 Å². The van der Waals surface area contributed by atoms with Crippen LogP contribution in [-0.2, 0) is 19.2 Å². The Morgan fingerprint density at radius 3 is 1.79 bits per heavy atom. The molecule has 0 aliphatic carbocycles. The van der Waals surface area contributed by atoms with Gasteiger partial charge in [-0.2, -0.15) is 36.2 Å². The smallest absolute Gasteiger partial charge is 0.326 e. The van der Waals surface area contributed by atoms with Gasteiger partial charge in [0.15, 0.2) is 0 Å². The van der Waals surface area contributed by atoms with Crippen LogP contribution in [0.15, 0.2) is 0 Å². The topological polar surface area (TPSA) is 171 Å². The Hall–Kier alpha value is -1.15. The molecule has 10 nitrogen and oxygen atoms in total. The number of carboxylic acids is 1. The van der Waals surface area contributed by atoms with E-state index in [0.717, 1.165) is 0 Å². The van der Waals surface area contributed by atoms with E-state index in [9.17, 15) is 29.4 Å². The first-order chi connectivity index (χ1) is 13.7. The molecule has 0 rings (SSSR count). The van der Waals surface area contributed by atoms with E-state index >= 15 is 0 Å². The molecule has 13 heteroatoms. The molecule has 0 saturated heterocycles. The summed E-state index contributed by atoms with van der Waals surface area (Å²) in [5, 5.41) is 25.9. The monoisotopic (exact) mass is 470 g/mol. The molecule has 4 unspecified atom stereocenters. The van der Waals surface area contributed by atoms with Crippen LogP contribution in [0.2, 0.25) is 0 Å². The number of aliphatic carboxylic acids is 1. The quantitative estimate of drug-likeness (QED) is 0.138. The molecule has 0 aromatic rings. The standard InChI is InChI=1S/C16H30N4O6S3/c1-28-5-3-10(14(23)19-11(16(25)26)4-6-29-2)18-15(24)12(7-21)20-13(22)9(17)8-27/h9-12,21,27H,3-8,17H2,1-2H3,(H,18,24)(H,19,23)(H,20,22)(H,25,26). The molecule has 0 spiro atoms. The zero-order chi connectivity index (χ0) is 22.4. The summed E-state index contributed by atoms with van der Waals surface area (Å²) >= 11 is 6.80. The second kappa shape index (κ2) is 15.7. The Labute approximate surface area is 184 Å². The number of aliphatic hydroxyl groups excluding tert-OH is 1. The third-order valence-electron chi connectivity index (χ3n) is 3.82. The highest BCUT2D eigenvalue weighted by Crippen LogP contribution is 2.05. The van der Waals surface area contributed by atoms with Crippen molar-refractivity contribution in [3.63, 3.8) is 0 Å². The van der Waals surface area contributed by atoms with Gasteiger partial charge in [0.05, 0.1) is 12.6 Å². The van der Waals surface area contributed by atoms with E-state index in [-0.39, 0.29) is 18.6 Å². The number of hydrogen-bond acceptors (Lipinski definition) is 9. The van der Waals surface area contributed by atoms with Crippen LogP contribution in [0, 0.1) is 0 Å². The molecule has 0 radical (unpaired) electrons. The van der Waals surface area contributed by atoms with Gasteiger partial charge in [0, 0.05) is 5.75 Å². The number of carboxylic acid groups (broad SMARTS) is 1. The molecule has 0 heterocycles. The average molecular weight is 471 g/mol. The lowest BCUT2D eigenvalue weighted by Gasteiger charge is -2.24. The lowest BCUT2D eigenvalue weighted by Crippen LogP contribution is -2.58. The maximum atomic E-state index is 12.6. The maximum absolute atomic E-state index is 12.6. The molecule has 29 heavy (non-hydrogen) atoms. The minimum atomic E-state index is -1.30. The van der Waals surface area contributed by atoms with Crippen LogP contribution in [0.1, 0.15) is 12.8 Å². The van der Waals surface area contributed by atoms with Gasteiger partial charge >= 0.3 is 5.97 Å². The number of thiol groups is 1. The lowest BCUT2D eigenvalue weighted by atomic mass is 10.1. The molecule has 0 fully saturated rings. The predicted molar refractivity (Wildman–Crippen MR) is 118 cm³/mol. The average Bonchev–Trinajstić information content (AvgIpc) is 2.70. The molecule has 0 bridgehead atoms. The van der Waals surface area contributed by atoms with E-state index in [1.165, 1.54) is 23.5 Å². The number of carbonyl (C=O) groups excluding carboxylic acids is 3. The fraction of sp³-hybridized carbons (Fsp3) is 0.750. The second-order valence-electron chi connectivity index (χ2n) is 6.06. The van der Waals surface area contributed by atoms with Crippen molar-refractivity contribution in [3.05, 3.63) is 0 Å². The van der Waals surface area contributed by atoms with Crippen molar-refractivity contribution in [1.29, 1.82) is 0 Å². The summed E-state index contributed by atoms with van der Waals surface area (Å²) in [4.78, 5) is 48.2. The molecular weight excluding hydrogens is 440 g/mol. The van der Waals surface area contributed by atoms with E-state index in [4.69, 9.17) is 5.73 Å². The van der Waals surface area contributed by atoms with Crippen LogP contribution < -0.4 is 21.7 Å². The number of carbonyl (C=O) groups is 4. The molecular formula is C16H30N4O6S3. The largest absolute Gasteiger partial charge is 0.480 e. The lowest BCUT2D eigenvalue weighted by molar-refractivity contribution is -0.142. The van der Waals surface area contributed by atoms with Crippen molar-refractivity contribution >= 4 is 59.8 Å². The van der Waals surface area contributed by atoms with Gasteiger partial charge < -0.3 is 31.9 Å². The van der Waals surface area contributed by atoms with E-state index in [2.05, 4.69) is 28.6 Å². The van der Waals surface area contributed by atoms with Gasteiger partial charge in [-0.15, -0.1) is 0 Å². The van der Waals surface area contributed by atoms with Crippen molar-refractivity contribution < 1.29 is 29.4 Å². The van der Waals surface area contributed by atoms with Crippen molar-refractivity contribution in [3.8, 4) is 0 Å². The number of nitrogens with one attached hydrogen (secondary N) is 3. The highest BCUT2D eigenvalue weighted by molar-refractivity contribution is 7.98. The first-order valence-electron chi connectivity index (χ1n) is 8.80. The fourth-order valence-electron chi connectivity index (χ4n) is 2.10. The Morgan fingerprint density at radius 2 is 1.34 bits per heavy atom. The summed E-state index contributed by atoms with van der Waals surface area (Å²) in [5.41, 5.74) is 5.53. The Morgan fingerprint density at radius 1 is 0.897 bits per heavy atom. The Bertz CT molecular complexity index is 555. The zero-order valence-corrected chi connectivity index (χ0v) is 18.9. The van der Waals surface area contributed by atoms with Crippen LogP contribution in [0.5, 0.6) is 0 Å². The van der Waals surface area contributed by atoms with Gasteiger partial charge in [-0.25, -0.2) is 4.79 Å². The third kappa shape index (κ3) is 11.0. The predicted octanol–water partition coefficient (Wildman–Crippen LogP) is -1.72. The van der Waals surface area contributed by atoms with E-state index in [1.54, 1.807) is 0 Å². The molecule has 3 amide bonds. The molecule has 0 aliphatic heterocycles. The molecule has 0 aromatic carbocycles. The highest BCUT2D eigenvalue weighted by Gasteiger charge is 2.29. The van der Waals surface area contributed by atoms with Crippen molar-refractivity contribution in [2.45, 2.75) is 37.0 Å². The number of rotatable bonds is 15. The van der Waals surface area contributed by atoms with Crippen LogP contribution >= 0.6 is 36.2 Å². The van der Waals surface area contributed by atoms with E-state index < -0.39 is 54.5 Å². The molecule has 0 aliphatic rings. The van der Waals surface area contributed by atoms with Gasteiger partial charge in [-0.05, 0) is 36.9 Å². The molecule has 7 N–H and O–H groups in total. The number of nitrogens with two attached hydrogens (primary N) is 1. The summed E-state index contributed by atoms with van der Waals surface area (Å²) < 4.78 is 0. The summed E-state index contributed by atoms with van der Waals surface area (Å²) in [6.45, 7) is -0.695. The van der Waals surface area contributed by atoms with Gasteiger partial charge in [0.2, 0.25) is 17.7 Å². The Kier molecular flexibility index (Phi) is 15.0. The third-order valence-corrected chi connectivity index (χ3v) is 5.50. The first-order valence-corrected chi connectivity index (χ1v) is 12.2. The summed E-state index contributed by atoms with van der Waals surface area (Å²) in [6.07, 6.45) is 4.13. The van der Waals surface area contributed by atoms with Crippen LogP contribution in [0.4, 0.5) is 0 Å². The molecule has 0 saturated carbocycles. The fourth-order valence-corrected chi connectivity index (χ4v) is 3.21. The van der Waals surface area contributed by atoms with Gasteiger partial charge in [0.1, 0.15) is 18.1 Å². The summed E-state index contributed by atoms with van der Waals surface area (Å²) in [6, 6.07) is -4.35. The first kappa shape index (κ1) is 27.8. The van der Waals surface area contributed by atoms with Crippen LogP contribution in [0.25, 0.3) is 0 Å². The van der Waals surface area contributed by atoms with Crippen LogP contribution in [-0.4, -0.2) is 94.4 Å². The van der Waals surface area contributed by atoms with Gasteiger partial charge in [-0.3, -0.25) is 14.4 Å². The minimum Gasteiger partial charge on any atom is -0.480 e. The molecule has 168 valence electrons. The highest BCUT2D eigenvalue weighted by atomic mass is 32.2. The minimum absolute atomic E-state index is 0.0526. The van der Waals surface area contributed by atoms with Crippen LogP contribution in [0.3, 0.4) is 0 Å². The molecule has 4 atom stereocenters. The Balaban J connectivity index is 5.14. The number of thioether (sulfide) groups is 2. The van der Waals surface area contributed by atoms with Crippen molar-refractivity contribution in [2.75, 3.05) is 36.4 Å². The summed E-state index contributed by atoms with van der Waals surface area (Å²) in [7, 11) is 0. The number of hydrogen-bond donors (Lipinski definition) is 7. The SMILES string of the molecule is CSCCC(NC(=O)C(CCSC)NC(=O)C(CO)NC(=O)C(N)CS)C(=O)O. The second-order valence-corrected chi connectivity index (χ2v) is 8.39. The van der Waals surface area contributed by atoms with Crippen molar-refractivity contribution in [1.82, 2.24) is 16.0 Å². The van der Waals surface area contributed by atoms with E-state index in [0.29, 0.717) is 11.5 Å². The normalized spacial score (nSPS) is 14.9. The zero-order valence-electron chi connectivity index (χ0n) is 16.4. The van der Waals surface area contributed by atoms with Gasteiger partial charge in [0.25, 0.3) is 0 Å². The maximum Gasteiger partial charge on any atom is 0.326 e. The number of aliphatic hydroxyl groups is 1. The van der Waals surface area contributed by atoms with E-state index in [1.807, 2.05) is 12.5 Å². The summed E-state index contributed by atoms with van der Waals surface area (Å²) in [5.74, 6) is -2.12. The number of amides is 3. The van der Waals surface area contributed by atoms with Crippen molar-refractivity contribution in [2.24, 2.45) is 5.73 Å². The molecule has 0 aromatic heterocycles.